The number of aromatic nitrogens is 4. The van der Waals surface area contributed by atoms with E-state index in [-0.39, 0.29) is 0 Å². The Morgan fingerprint density at radius 2 is 1.82 bits per heavy atom. The van der Waals surface area contributed by atoms with E-state index in [1.165, 1.54) is 0 Å². The molecule has 7 heteroatoms. The van der Waals surface area contributed by atoms with Gasteiger partial charge in [0.2, 0.25) is 0 Å². The van der Waals surface area contributed by atoms with Crippen molar-refractivity contribution in [1.82, 2.24) is 19.6 Å². The Balaban J connectivity index is 1.40. The molecule has 0 radical (unpaired) electrons. The Labute approximate surface area is 198 Å². The van der Waals surface area contributed by atoms with Gasteiger partial charge in [0.1, 0.15) is 11.9 Å². The molecule has 170 valence electrons. The monoisotopic (exact) mass is 450 g/mol. The molecule has 1 saturated carbocycles. The SMILES string of the molecule is CC1[C@H]2CN(c3ccc(-c4cc(-c5ccc(C(C)(C)O)cn5)cn5ncc(C#N)c45)cn3)C[C@@H]12. The van der Waals surface area contributed by atoms with Gasteiger partial charge in [0.05, 0.1) is 28.6 Å². The van der Waals surface area contributed by atoms with Crippen LogP contribution < -0.4 is 4.90 Å². The fraction of sp³-hybridized carbons (Fsp3) is 0.333. The van der Waals surface area contributed by atoms with Gasteiger partial charge in [0.15, 0.2) is 0 Å². The highest BCUT2D eigenvalue weighted by Gasteiger charge is 2.52. The highest BCUT2D eigenvalue weighted by Crippen LogP contribution is 2.51. The van der Waals surface area contributed by atoms with Crippen LogP contribution in [-0.4, -0.2) is 37.8 Å². The first kappa shape index (κ1) is 20.8. The molecule has 5 heterocycles. The number of nitriles is 1. The number of anilines is 1. The van der Waals surface area contributed by atoms with Crippen LogP contribution in [0.25, 0.3) is 27.9 Å². The van der Waals surface area contributed by atoms with Gasteiger partial charge in [-0.15, -0.1) is 0 Å². The Kier molecular flexibility index (Phi) is 4.51. The molecule has 0 bridgehead atoms. The zero-order valence-corrected chi connectivity index (χ0v) is 19.5. The quantitative estimate of drug-likeness (QED) is 0.500. The molecule has 2 aliphatic rings. The standard InChI is InChI=1S/C27H26N6O/c1-16-22-14-32(15-23(16)22)25-7-4-17(10-30-25)21-8-18(13-33-26(21)19(9-28)11-31-33)24-6-5-20(12-29-24)27(2,3)34/h4-8,10-13,16,22-23,34H,14-15H2,1-3H3/t16?,22-,23+. The van der Waals surface area contributed by atoms with Crippen LogP contribution in [0.1, 0.15) is 31.9 Å². The van der Waals surface area contributed by atoms with E-state index in [0.717, 1.165) is 70.1 Å². The number of hydrogen-bond donors (Lipinski definition) is 1. The van der Waals surface area contributed by atoms with Crippen LogP contribution in [0.5, 0.6) is 0 Å². The number of nitrogens with zero attached hydrogens (tertiary/aromatic N) is 6. The maximum atomic E-state index is 10.3. The second-order valence-electron chi connectivity index (χ2n) is 10.1. The average Bonchev–Trinajstić information content (AvgIpc) is 3.21. The van der Waals surface area contributed by atoms with E-state index in [1.54, 1.807) is 30.8 Å². The van der Waals surface area contributed by atoms with Crippen LogP contribution in [0, 0.1) is 29.1 Å². The Hall–Kier alpha value is -3.76. The van der Waals surface area contributed by atoms with E-state index in [0.29, 0.717) is 5.56 Å². The van der Waals surface area contributed by atoms with Gasteiger partial charge < -0.3 is 10.0 Å². The molecule has 6 rings (SSSR count). The van der Waals surface area contributed by atoms with Gasteiger partial charge >= 0.3 is 0 Å². The summed E-state index contributed by atoms with van der Waals surface area (Å²) in [6.45, 7) is 8.00. The first-order valence-corrected chi connectivity index (χ1v) is 11.7. The molecule has 0 aromatic carbocycles. The Morgan fingerprint density at radius 1 is 1.03 bits per heavy atom. The minimum atomic E-state index is -0.953. The predicted molar refractivity (Wildman–Crippen MR) is 130 cm³/mol. The number of piperidine rings is 1. The second kappa shape index (κ2) is 7.37. The fourth-order valence-corrected chi connectivity index (χ4v) is 5.23. The summed E-state index contributed by atoms with van der Waals surface area (Å²) in [6.07, 6.45) is 7.06. The van der Waals surface area contributed by atoms with Crippen LogP contribution in [-0.2, 0) is 5.60 Å². The first-order valence-electron chi connectivity index (χ1n) is 11.7. The second-order valence-corrected chi connectivity index (χ2v) is 10.1. The molecule has 4 aromatic rings. The summed E-state index contributed by atoms with van der Waals surface area (Å²) in [5.41, 5.74) is 4.52. The zero-order chi connectivity index (χ0) is 23.6. The van der Waals surface area contributed by atoms with E-state index in [4.69, 9.17) is 4.98 Å². The summed E-state index contributed by atoms with van der Waals surface area (Å²) in [6, 6.07) is 12.2. The van der Waals surface area contributed by atoms with E-state index in [2.05, 4.69) is 40.1 Å². The molecule has 1 unspecified atom stereocenters. The van der Waals surface area contributed by atoms with Crippen molar-refractivity contribution >= 4 is 11.3 Å². The largest absolute Gasteiger partial charge is 0.386 e. The maximum absolute atomic E-state index is 10.3. The van der Waals surface area contributed by atoms with Crippen LogP contribution in [0.3, 0.4) is 0 Å². The van der Waals surface area contributed by atoms with Gasteiger partial charge in [0.25, 0.3) is 0 Å². The van der Waals surface area contributed by atoms with E-state index >= 15 is 0 Å². The van der Waals surface area contributed by atoms with Gasteiger partial charge in [-0.1, -0.05) is 13.0 Å². The minimum absolute atomic E-state index is 0.518. The number of hydrogen-bond acceptors (Lipinski definition) is 6. The van der Waals surface area contributed by atoms with Crippen molar-refractivity contribution in [3.8, 4) is 28.5 Å². The van der Waals surface area contributed by atoms with E-state index in [9.17, 15) is 10.4 Å². The molecule has 0 amide bonds. The zero-order valence-electron chi connectivity index (χ0n) is 19.5. The summed E-state index contributed by atoms with van der Waals surface area (Å²) < 4.78 is 1.73. The number of rotatable bonds is 4. The molecule has 1 N–H and O–H groups in total. The molecule has 3 atom stereocenters. The molecule has 1 aliphatic carbocycles. The molecule has 1 saturated heterocycles. The van der Waals surface area contributed by atoms with Crippen LogP contribution in [0.2, 0.25) is 0 Å². The topological polar surface area (TPSA) is 90.3 Å². The van der Waals surface area contributed by atoms with Crippen molar-refractivity contribution in [3.63, 3.8) is 0 Å². The Bertz CT molecular complexity index is 1410. The number of pyridine rings is 3. The number of fused-ring (bicyclic) bond motifs is 2. The summed E-state index contributed by atoms with van der Waals surface area (Å²) in [4.78, 5) is 11.7. The van der Waals surface area contributed by atoms with Gasteiger partial charge in [-0.3, -0.25) is 4.98 Å². The fourth-order valence-electron chi connectivity index (χ4n) is 5.23. The molecule has 0 spiro atoms. The van der Waals surface area contributed by atoms with Crippen molar-refractivity contribution < 1.29 is 5.11 Å². The minimum Gasteiger partial charge on any atom is -0.386 e. The summed E-state index contributed by atoms with van der Waals surface area (Å²) in [5, 5.41) is 24.3. The van der Waals surface area contributed by atoms with Crippen LogP contribution >= 0.6 is 0 Å². The van der Waals surface area contributed by atoms with E-state index < -0.39 is 5.60 Å². The van der Waals surface area contributed by atoms with Gasteiger partial charge in [-0.2, -0.15) is 10.4 Å². The summed E-state index contributed by atoms with van der Waals surface area (Å²) >= 11 is 0. The lowest BCUT2D eigenvalue weighted by molar-refractivity contribution is 0.0782. The third kappa shape index (κ3) is 3.34. The van der Waals surface area contributed by atoms with Gasteiger partial charge in [-0.05, 0) is 55.9 Å². The van der Waals surface area contributed by atoms with Crippen molar-refractivity contribution in [2.75, 3.05) is 18.0 Å². The molecule has 4 aromatic heterocycles. The van der Waals surface area contributed by atoms with Crippen molar-refractivity contribution in [2.24, 2.45) is 17.8 Å². The maximum Gasteiger partial charge on any atom is 0.128 e. The molecule has 2 fully saturated rings. The van der Waals surface area contributed by atoms with Gasteiger partial charge in [-0.25, -0.2) is 9.50 Å². The smallest absolute Gasteiger partial charge is 0.128 e. The van der Waals surface area contributed by atoms with Crippen molar-refractivity contribution in [3.05, 3.63) is 66.2 Å². The third-order valence-corrected chi connectivity index (χ3v) is 7.50. The van der Waals surface area contributed by atoms with Crippen molar-refractivity contribution in [2.45, 2.75) is 26.4 Å². The highest BCUT2D eigenvalue weighted by atomic mass is 16.3. The van der Waals surface area contributed by atoms with E-state index in [1.807, 2.05) is 30.6 Å². The Morgan fingerprint density at radius 3 is 2.44 bits per heavy atom. The first-order chi connectivity index (χ1) is 16.3. The molecule has 34 heavy (non-hydrogen) atoms. The lowest BCUT2D eigenvalue weighted by Gasteiger charge is -2.20. The molecule has 1 aliphatic heterocycles. The van der Waals surface area contributed by atoms with Crippen molar-refractivity contribution in [1.29, 1.82) is 5.26 Å². The lowest BCUT2D eigenvalue weighted by Crippen LogP contribution is -2.24. The predicted octanol–water partition coefficient (Wildman–Crippen LogP) is 4.26. The summed E-state index contributed by atoms with van der Waals surface area (Å²) in [7, 11) is 0. The van der Waals surface area contributed by atoms with Gasteiger partial charge in [0, 0.05) is 53.9 Å². The van der Waals surface area contributed by atoms with Crippen LogP contribution in [0.15, 0.2) is 55.1 Å². The third-order valence-electron chi connectivity index (χ3n) is 7.50. The lowest BCUT2D eigenvalue weighted by atomic mass is 9.99. The average molecular weight is 451 g/mol. The normalized spacial score (nSPS) is 21.5. The molecular weight excluding hydrogens is 424 g/mol. The highest BCUT2D eigenvalue weighted by molar-refractivity contribution is 5.87. The molecular formula is C27H26N6O. The molecule has 7 nitrogen and oxygen atoms in total. The summed E-state index contributed by atoms with van der Waals surface area (Å²) in [5.74, 6) is 3.49. The van der Waals surface area contributed by atoms with Crippen LogP contribution in [0.4, 0.5) is 5.82 Å². The number of aliphatic hydroxyl groups is 1.